The molecule has 4 nitrogen and oxygen atoms in total. The SMILES string of the molecule is CCCC1(C(=O)O)CCN(C2CCOCC2)C1. The van der Waals surface area contributed by atoms with Gasteiger partial charge in [0.15, 0.2) is 0 Å². The summed E-state index contributed by atoms with van der Waals surface area (Å²) in [6, 6.07) is 0.543. The van der Waals surface area contributed by atoms with Crippen molar-refractivity contribution in [3.8, 4) is 0 Å². The van der Waals surface area contributed by atoms with Gasteiger partial charge in [-0.15, -0.1) is 0 Å². The molecule has 98 valence electrons. The fourth-order valence-corrected chi connectivity index (χ4v) is 3.23. The highest BCUT2D eigenvalue weighted by molar-refractivity contribution is 5.75. The smallest absolute Gasteiger partial charge is 0.310 e. The van der Waals surface area contributed by atoms with Crippen LogP contribution in [0.1, 0.15) is 39.0 Å². The molecule has 0 spiro atoms. The number of carboxylic acids is 1. The summed E-state index contributed by atoms with van der Waals surface area (Å²) in [6.07, 6.45) is 4.69. The number of aliphatic carboxylic acids is 1. The van der Waals surface area contributed by atoms with Gasteiger partial charge in [-0.25, -0.2) is 0 Å². The number of ether oxygens (including phenoxy) is 1. The Balaban J connectivity index is 1.98. The van der Waals surface area contributed by atoms with E-state index in [1.165, 1.54) is 0 Å². The standard InChI is InChI=1S/C13H23NO3/c1-2-5-13(12(15)16)6-7-14(10-13)11-3-8-17-9-4-11/h11H,2-10H2,1H3,(H,15,16). The van der Waals surface area contributed by atoms with Crippen LogP contribution in [0.5, 0.6) is 0 Å². The minimum Gasteiger partial charge on any atom is -0.481 e. The van der Waals surface area contributed by atoms with Crippen molar-refractivity contribution in [2.24, 2.45) is 5.41 Å². The fraction of sp³-hybridized carbons (Fsp3) is 0.923. The Morgan fingerprint density at radius 2 is 2.18 bits per heavy atom. The largest absolute Gasteiger partial charge is 0.481 e. The molecule has 1 unspecified atom stereocenters. The first-order chi connectivity index (χ1) is 8.18. The number of likely N-dealkylation sites (tertiary alicyclic amines) is 1. The average Bonchev–Trinajstić information content (AvgIpc) is 2.76. The molecule has 2 saturated heterocycles. The van der Waals surface area contributed by atoms with Gasteiger partial charge in [-0.1, -0.05) is 13.3 Å². The highest BCUT2D eigenvalue weighted by Crippen LogP contribution is 2.37. The molecule has 0 radical (unpaired) electrons. The normalized spacial score (nSPS) is 31.8. The van der Waals surface area contributed by atoms with Gasteiger partial charge in [0.25, 0.3) is 0 Å². The van der Waals surface area contributed by atoms with Gasteiger partial charge in [0.2, 0.25) is 0 Å². The first kappa shape index (κ1) is 12.8. The lowest BCUT2D eigenvalue weighted by Crippen LogP contribution is -2.41. The maximum absolute atomic E-state index is 11.5. The molecular formula is C13H23NO3. The zero-order valence-corrected chi connectivity index (χ0v) is 10.7. The minimum absolute atomic E-state index is 0.479. The third-order valence-electron chi connectivity index (χ3n) is 4.27. The Labute approximate surface area is 103 Å². The van der Waals surface area contributed by atoms with Crippen LogP contribution < -0.4 is 0 Å². The van der Waals surface area contributed by atoms with Crippen LogP contribution in [0.2, 0.25) is 0 Å². The zero-order valence-electron chi connectivity index (χ0n) is 10.7. The number of rotatable bonds is 4. The molecule has 2 aliphatic heterocycles. The molecule has 1 N–H and O–H groups in total. The second-order valence-electron chi connectivity index (χ2n) is 5.40. The van der Waals surface area contributed by atoms with E-state index in [0.29, 0.717) is 6.04 Å². The summed E-state index contributed by atoms with van der Waals surface area (Å²) in [4.78, 5) is 13.9. The van der Waals surface area contributed by atoms with Gasteiger partial charge >= 0.3 is 5.97 Å². The van der Waals surface area contributed by atoms with E-state index in [4.69, 9.17) is 4.74 Å². The Bertz CT molecular complexity index is 276. The van der Waals surface area contributed by atoms with Gasteiger partial charge in [0.1, 0.15) is 0 Å². The van der Waals surface area contributed by atoms with E-state index in [0.717, 1.165) is 58.4 Å². The maximum Gasteiger partial charge on any atom is 0.310 e. The number of carbonyl (C=O) groups is 1. The van der Waals surface area contributed by atoms with E-state index in [9.17, 15) is 9.90 Å². The summed E-state index contributed by atoms with van der Waals surface area (Å²) in [5, 5.41) is 9.46. The lowest BCUT2D eigenvalue weighted by atomic mass is 9.82. The van der Waals surface area contributed by atoms with E-state index in [1.54, 1.807) is 0 Å². The van der Waals surface area contributed by atoms with Crippen LogP contribution in [0.4, 0.5) is 0 Å². The number of hydrogen-bond donors (Lipinski definition) is 1. The van der Waals surface area contributed by atoms with Crippen LogP contribution in [-0.4, -0.2) is 48.3 Å². The lowest BCUT2D eigenvalue weighted by Gasteiger charge is -2.32. The molecule has 0 amide bonds. The summed E-state index contributed by atoms with van der Waals surface area (Å²) >= 11 is 0. The topological polar surface area (TPSA) is 49.8 Å². The minimum atomic E-state index is -0.603. The molecule has 4 heteroatoms. The summed E-state index contributed by atoms with van der Waals surface area (Å²) in [5.74, 6) is -0.603. The highest BCUT2D eigenvalue weighted by Gasteiger charge is 2.45. The molecule has 0 bridgehead atoms. The van der Waals surface area contributed by atoms with Crippen molar-refractivity contribution in [1.82, 2.24) is 4.90 Å². The first-order valence-electron chi connectivity index (χ1n) is 6.73. The summed E-state index contributed by atoms with van der Waals surface area (Å²) < 4.78 is 5.36. The van der Waals surface area contributed by atoms with E-state index in [-0.39, 0.29) is 0 Å². The maximum atomic E-state index is 11.5. The number of carboxylic acid groups (broad SMARTS) is 1. The highest BCUT2D eigenvalue weighted by atomic mass is 16.5. The molecular weight excluding hydrogens is 218 g/mol. The Morgan fingerprint density at radius 3 is 2.76 bits per heavy atom. The predicted molar refractivity (Wildman–Crippen MR) is 65.0 cm³/mol. The van der Waals surface area contributed by atoms with Crippen molar-refractivity contribution < 1.29 is 14.6 Å². The first-order valence-corrected chi connectivity index (χ1v) is 6.73. The van der Waals surface area contributed by atoms with Gasteiger partial charge < -0.3 is 9.84 Å². The van der Waals surface area contributed by atoms with Crippen LogP contribution in [-0.2, 0) is 9.53 Å². The third-order valence-corrected chi connectivity index (χ3v) is 4.27. The Hall–Kier alpha value is -0.610. The molecule has 2 fully saturated rings. The van der Waals surface area contributed by atoms with Gasteiger partial charge in [0, 0.05) is 25.8 Å². The quantitative estimate of drug-likeness (QED) is 0.814. The predicted octanol–water partition coefficient (Wildman–Crippen LogP) is 1.74. The average molecular weight is 241 g/mol. The van der Waals surface area contributed by atoms with Crippen molar-refractivity contribution in [2.45, 2.75) is 45.1 Å². The Kier molecular flexibility index (Phi) is 4.05. The molecule has 17 heavy (non-hydrogen) atoms. The number of hydrogen-bond acceptors (Lipinski definition) is 3. The van der Waals surface area contributed by atoms with Crippen molar-refractivity contribution >= 4 is 5.97 Å². The molecule has 0 aromatic rings. The molecule has 0 aromatic carbocycles. The van der Waals surface area contributed by atoms with Crippen LogP contribution in [0.3, 0.4) is 0 Å². The molecule has 2 rings (SSSR count). The van der Waals surface area contributed by atoms with Crippen LogP contribution >= 0.6 is 0 Å². The molecule has 1 atom stereocenters. The molecule has 2 aliphatic rings. The summed E-state index contributed by atoms with van der Waals surface area (Å²) in [5.41, 5.74) is -0.479. The third kappa shape index (κ3) is 2.63. The van der Waals surface area contributed by atoms with Gasteiger partial charge in [-0.3, -0.25) is 9.69 Å². The van der Waals surface area contributed by atoms with Gasteiger partial charge in [-0.2, -0.15) is 0 Å². The summed E-state index contributed by atoms with van der Waals surface area (Å²) in [7, 11) is 0. The fourth-order valence-electron chi connectivity index (χ4n) is 3.23. The van der Waals surface area contributed by atoms with E-state index < -0.39 is 11.4 Å². The molecule has 0 aliphatic carbocycles. The van der Waals surface area contributed by atoms with E-state index in [1.807, 2.05) is 0 Å². The van der Waals surface area contributed by atoms with Gasteiger partial charge in [-0.05, 0) is 32.2 Å². The van der Waals surface area contributed by atoms with Gasteiger partial charge in [0.05, 0.1) is 5.41 Å². The second kappa shape index (κ2) is 5.36. The number of nitrogens with zero attached hydrogens (tertiary/aromatic N) is 1. The Morgan fingerprint density at radius 1 is 1.47 bits per heavy atom. The van der Waals surface area contributed by atoms with Crippen molar-refractivity contribution in [2.75, 3.05) is 26.3 Å². The molecule has 0 aromatic heterocycles. The van der Waals surface area contributed by atoms with Crippen molar-refractivity contribution in [1.29, 1.82) is 0 Å². The van der Waals surface area contributed by atoms with Crippen molar-refractivity contribution in [3.63, 3.8) is 0 Å². The van der Waals surface area contributed by atoms with E-state index >= 15 is 0 Å². The summed E-state index contributed by atoms with van der Waals surface area (Å²) in [6.45, 7) is 5.41. The zero-order chi connectivity index (χ0) is 12.3. The lowest BCUT2D eigenvalue weighted by molar-refractivity contribution is -0.148. The van der Waals surface area contributed by atoms with Crippen molar-refractivity contribution in [3.05, 3.63) is 0 Å². The van der Waals surface area contributed by atoms with Crippen LogP contribution in [0.15, 0.2) is 0 Å². The molecule has 2 heterocycles. The van der Waals surface area contributed by atoms with E-state index in [2.05, 4.69) is 11.8 Å². The second-order valence-corrected chi connectivity index (χ2v) is 5.40. The van der Waals surface area contributed by atoms with Crippen LogP contribution in [0.25, 0.3) is 0 Å². The monoisotopic (exact) mass is 241 g/mol. The van der Waals surface area contributed by atoms with Crippen LogP contribution in [0, 0.1) is 5.41 Å². The molecule has 0 saturated carbocycles.